The van der Waals surface area contributed by atoms with Crippen molar-refractivity contribution in [2.75, 3.05) is 5.75 Å². The van der Waals surface area contributed by atoms with Gasteiger partial charge in [-0.1, -0.05) is 6.07 Å². The van der Waals surface area contributed by atoms with E-state index in [-0.39, 0.29) is 5.91 Å². The zero-order valence-corrected chi connectivity index (χ0v) is 13.9. The van der Waals surface area contributed by atoms with Crippen LogP contribution in [0, 0.1) is 5.41 Å². The predicted molar refractivity (Wildman–Crippen MR) is 84.1 cm³/mol. The first-order chi connectivity index (χ1) is 9.17. The number of thioether (sulfide) groups is 1. The summed E-state index contributed by atoms with van der Waals surface area (Å²) in [6, 6.07) is 4.02. The Hall–Kier alpha value is -1.01. The number of nitrogens with one attached hydrogen (secondary N) is 1. The molecule has 0 aliphatic rings. The van der Waals surface area contributed by atoms with Crippen LogP contribution in [0.4, 0.5) is 0 Å². The van der Waals surface area contributed by atoms with Gasteiger partial charge in [-0.3, -0.25) is 9.59 Å². The van der Waals surface area contributed by atoms with Crippen molar-refractivity contribution in [3.05, 3.63) is 22.4 Å². The van der Waals surface area contributed by atoms with E-state index < -0.39 is 16.9 Å². The summed E-state index contributed by atoms with van der Waals surface area (Å²) in [5, 5.41) is 14.1. The number of carboxylic acid groups (broad SMARTS) is 1. The maximum atomic E-state index is 11.9. The van der Waals surface area contributed by atoms with E-state index in [1.54, 1.807) is 39.0 Å². The van der Waals surface area contributed by atoms with Gasteiger partial charge in [-0.2, -0.15) is 0 Å². The van der Waals surface area contributed by atoms with E-state index >= 15 is 0 Å². The van der Waals surface area contributed by atoms with Crippen molar-refractivity contribution in [1.82, 2.24) is 5.32 Å². The van der Waals surface area contributed by atoms with Crippen molar-refractivity contribution >= 4 is 35.0 Å². The monoisotopic (exact) mass is 315 g/mol. The molecular formula is C14H21NO3S2. The highest BCUT2D eigenvalue weighted by molar-refractivity contribution is 7.99. The van der Waals surface area contributed by atoms with E-state index in [0.717, 1.165) is 5.75 Å². The summed E-state index contributed by atoms with van der Waals surface area (Å²) in [5.41, 5.74) is -1.83. The Morgan fingerprint density at radius 3 is 2.50 bits per heavy atom. The van der Waals surface area contributed by atoms with Gasteiger partial charge in [0, 0.05) is 16.2 Å². The number of carbonyl (C=O) groups is 2. The average Bonchev–Trinajstić information content (AvgIpc) is 2.80. The molecule has 1 amide bonds. The molecule has 0 spiro atoms. The fraction of sp³-hybridized carbons (Fsp3) is 0.571. The number of amides is 1. The van der Waals surface area contributed by atoms with Crippen molar-refractivity contribution in [1.29, 1.82) is 0 Å². The molecule has 2 N–H and O–H groups in total. The van der Waals surface area contributed by atoms with Crippen molar-refractivity contribution in [3.63, 3.8) is 0 Å². The summed E-state index contributed by atoms with van der Waals surface area (Å²) in [5.74, 6) is 0.0742. The van der Waals surface area contributed by atoms with E-state index in [2.05, 4.69) is 5.32 Å². The Morgan fingerprint density at radius 1 is 1.35 bits per heavy atom. The molecule has 0 aromatic carbocycles. The van der Waals surface area contributed by atoms with Crippen LogP contribution < -0.4 is 5.32 Å². The third kappa shape index (κ3) is 4.24. The molecule has 0 bridgehead atoms. The van der Waals surface area contributed by atoms with Crippen LogP contribution in [-0.4, -0.2) is 28.3 Å². The van der Waals surface area contributed by atoms with Crippen molar-refractivity contribution < 1.29 is 14.7 Å². The Kier molecular flexibility index (Phi) is 5.65. The fourth-order valence-corrected chi connectivity index (χ4v) is 3.12. The molecule has 0 atom stereocenters. The maximum Gasteiger partial charge on any atom is 0.311 e. The Morgan fingerprint density at radius 2 is 2.00 bits per heavy atom. The van der Waals surface area contributed by atoms with Crippen LogP contribution in [0.5, 0.6) is 0 Å². The lowest BCUT2D eigenvalue weighted by atomic mass is 9.74. The van der Waals surface area contributed by atoms with Crippen LogP contribution in [0.1, 0.15) is 32.6 Å². The lowest BCUT2D eigenvalue weighted by Gasteiger charge is -2.38. The quantitative estimate of drug-likeness (QED) is 0.812. The normalized spacial score (nSPS) is 12.2. The minimum Gasteiger partial charge on any atom is -0.481 e. The molecular weight excluding hydrogens is 294 g/mol. The third-order valence-electron chi connectivity index (χ3n) is 3.61. The lowest BCUT2D eigenvalue weighted by molar-refractivity contribution is -0.151. The molecule has 1 heterocycles. The van der Waals surface area contributed by atoms with Crippen LogP contribution in [0.15, 0.2) is 17.5 Å². The Bertz CT molecular complexity index is 467. The van der Waals surface area contributed by atoms with Gasteiger partial charge < -0.3 is 10.4 Å². The highest BCUT2D eigenvalue weighted by Gasteiger charge is 2.44. The third-order valence-corrected chi connectivity index (χ3v) is 5.65. The molecule has 112 valence electrons. The number of hydrogen-bond acceptors (Lipinski definition) is 4. The summed E-state index contributed by atoms with van der Waals surface area (Å²) in [7, 11) is 0. The first kappa shape index (κ1) is 17.0. The topological polar surface area (TPSA) is 66.4 Å². The fourth-order valence-electron chi connectivity index (χ4n) is 1.45. The van der Waals surface area contributed by atoms with E-state index in [9.17, 15) is 14.7 Å². The van der Waals surface area contributed by atoms with E-state index in [4.69, 9.17) is 0 Å². The summed E-state index contributed by atoms with van der Waals surface area (Å²) in [6.45, 7) is 6.72. The standard InChI is InChI=1S/C14H21NO3S2/c1-13(2,12(17)18)14(3,4)15-11(16)9-19-8-10-6-5-7-20-10/h5-7H,8-9H2,1-4H3,(H,15,16)(H,17,18). The SMILES string of the molecule is CC(C)(NC(=O)CSCc1cccs1)C(C)(C)C(=O)O. The van der Waals surface area contributed by atoms with E-state index in [1.165, 1.54) is 16.6 Å². The first-order valence-corrected chi connectivity index (χ1v) is 8.35. The molecule has 0 aliphatic heterocycles. The molecule has 6 heteroatoms. The molecule has 1 aromatic rings. The van der Waals surface area contributed by atoms with Gasteiger partial charge >= 0.3 is 5.97 Å². The second-order valence-corrected chi connectivity index (χ2v) is 7.69. The van der Waals surface area contributed by atoms with Crippen LogP contribution in [0.25, 0.3) is 0 Å². The molecule has 0 fully saturated rings. The van der Waals surface area contributed by atoms with Crippen LogP contribution in [0.2, 0.25) is 0 Å². The van der Waals surface area contributed by atoms with Crippen molar-refractivity contribution in [2.24, 2.45) is 5.41 Å². The summed E-state index contributed by atoms with van der Waals surface area (Å²) in [6.07, 6.45) is 0. The molecule has 0 aliphatic carbocycles. The molecule has 4 nitrogen and oxygen atoms in total. The van der Waals surface area contributed by atoms with Gasteiger partial charge in [0.25, 0.3) is 0 Å². The molecule has 0 saturated carbocycles. The van der Waals surface area contributed by atoms with Crippen LogP contribution >= 0.6 is 23.1 Å². The maximum absolute atomic E-state index is 11.9. The van der Waals surface area contributed by atoms with Gasteiger partial charge in [0.15, 0.2) is 0 Å². The van der Waals surface area contributed by atoms with Crippen molar-refractivity contribution in [2.45, 2.75) is 39.0 Å². The zero-order chi connectivity index (χ0) is 15.4. The van der Waals surface area contributed by atoms with Gasteiger partial charge in [-0.25, -0.2) is 0 Å². The van der Waals surface area contributed by atoms with E-state index in [1.807, 2.05) is 17.5 Å². The first-order valence-electron chi connectivity index (χ1n) is 6.31. The number of rotatable bonds is 7. The summed E-state index contributed by atoms with van der Waals surface area (Å²) >= 11 is 3.20. The van der Waals surface area contributed by atoms with Gasteiger partial charge in [-0.15, -0.1) is 23.1 Å². The van der Waals surface area contributed by atoms with E-state index in [0.29, 0.717) is 5.75 Å². The minimum atomic E-state index is -1.03. The highest BCUT2D eigenvalue weighted by atomic mass is 32.2. The smallest absolute Gasteiger partial charge is 0.311 e. The van der Waals surface area contributed by atoms with Gasteiger partial charge in [0.1, 0.15) is 0 Å². The number of hydrogen-bond donors (Lipinski definition) is 2. The van der Waals surface area contributed by atoms with Crippen molar-refractivity contribution in [3.8, 4) is 0 Å². The van der Waals surface area contributed by atoms with Crippen LogP contribution in [-0.2, 0) is 15.3 Å². The predicted octanol–water partition coefficient (Wildman–Crippen LogP) is 2.99. The Labute approximate surface area is 128 Å². The summed E-state index contributed by atoms with van der Waals surface area (Å²) in [4.78, 5) is 24.4. The van der Waals surface area contributed by atoms with Gasteiger partial charge in [0.05, 0.1) is 11.2 Å². The molecule has 1 rings (SSSR count). The van der Waals surface area contributed by atoms with Crippen LogP contribution in [0.3, 0.4) is 0 Å². The number of aliphatic carboxylic acids is 1. The number of thiophene rings is 1. The second kappa shape index (κ2) is 6.63. The molecule has 0 unspecified atom stereocenters. The average molecular weight is 315 g/mol. The van der Waals surface area contributed by atoms with Gasteiger partial charge in [0.2, 0.25) is 5.91 Å². The highest BCUT2D eigenvalue weighted by Crippen LogP contribution is 2.30. The minimum absolute atomic E-state index is 0.133. The lowest BCUT2D eigenvalue weighted by Crippen LogP contribution is -2.57. The molecule has 0 saturated heterocycles. The summed E-state index contributed by atoms with van der Waals surface area (Å²) < 4.78 is 0. The molecule has 20 heavy (non-hydrogen) atoms. The largest absolute Gasteiger partial charge is 0.481 e. The zero-order valence-electron chi connectivity index (χ0n) is 12.2. The second-order valence-electron chi connectivity index (χ2n) is 5.68. The molecule has 0 radical (unpaired) electrons. The number of carbonyl (C=O) groups excluding carboxylic acids is 1. The number of carboxylic acids is 1. The molecule has 1 aromatic heterocycles. The van der Waals surface area contributed by atoms with Gasteiger partial charge in [-0.05, 0) is 39.1 Å². The Balaban J connectivity index is 2.47.